The molecule has 0 atom stereocenters. The van der Waals surface area contributed by atoms with E-state index in [0.29, 0.717) is 4.77 Å². The molecule has 0 radical (unpaired) electrons. The Morgan fingerprint density at radius 1 is 1.22 bits per heavy atom. The summed E-state index contributed by atoms with van der Waals surface area (Å²) in [5, 5.41) is 0. The quantitative estimate of drug-likeness (QED) is 0.621. The first-order valence-electron chi connectivity index (χ1n) is 5.18. The lowest BCUT2D eigenvalue weighted by Crippen LogP contribution is -1.96. The fraction of sp³-hybridized carbons (Fsp3) is 0. The van der Waals surface area contributed by atoms with Crippen LogP contribution in [0, 0.1) is 4.77 Å². The summed E-state index contributed by atoms with van der Waals surface area (Å²) in [5.74, 6) is 0. The van der Waals surface area contributed by atoms with Crippen molar-refractivity contribution < 1.29 is 0 Å². The first-order chi connectivity index (χ1) is 8.66. The Morgan fingerprint density at radius 3 is 2.78 bits per heavy atom. The third-order valence-corrected chi connectivity index (χ3v) is 3.97. The van der Waals surface area contributed by atoms with E-state index in [1.807, 2.05) is 34.9 Å². The van der Waals surface area contributed by atoms with Crippen LogP contribution in [0.4, 0.5) is 0 Å². The third-order valence-electron chi connectivity index (χ3n) is 2.58. The summed E-state index contributed by atoms with van der Waals surface area (Å²) in [6.45, 7) is 0. The molecule has 0 bridgehead atoms. The van der Waals surface area contributed by atoms with Crippen molar-refractivity contribution in [2.45, 2.75) is 0 Å². The highest BCUT2D eigenvalue weighted by molar-refractivity contribution is 9.10. The van der Waals surface area contributed by atoms with Crippen molar-refractivity contribution in [3.8, 4) is 5.69 Å². The van der Waals surface area contributed by atoms with Crippen LogP contribution >= 0.6 is 44.1 Å². The highest BCUT2D eigenvalue weighted by Gasteiger charge is 2.10. The van der Waals surface area contributed by atoms with Gasteiger partial charge in [-0.1, -0.05) is 12.1 Å². The van der Waals surface area contributed by atoms with E-state index in [-0.39, 0.29) is 0 Å². The Labute approximate surface area is 125 Å². The predicted octanol–water partition coefficient (Wildman–Crippen LogP) is 4.61. The maximum atomic E-state index is 5.37. The Morgan fingerprint density at radius 2 is 2.00 bits per heavy atom. The van der Waals surface area contributed by atoms with Crippen LogP contribution in [0.25, 0.3) is 16.9 Å². The summed E-state index contributed by atoms with van der Waals surface area (Å²) in [5.41, 5.74) is 2.70. The van der Waals surface area contributed by atoms with Gasteiger partial charge < -0.3 is 4.98 Å². The lowest BCUT2D eigenvalue weighted by Gasteiger charge is -2.05. The molecule has 18 heavy (non-hydrogen) atoms. The summed E-state index contributed by atoms with van der Waals surface area (Å²) >= 11 is 12.3. The largest absolute Gasteiger partial charge is 0.329 e. The van der Waals surface area contributed by atoms with Crippen molar-refractivity contribution in [3.05, 3.63) is 50.2 Å². The number of imidazole rings is 1. The van der Waals surface area contributed by atoms with Crippen LogP contribution in [0.15, 0.2) is 45.5 Å². The second kappa shape index (κ2) is 4.60. The van der Waals surface area contributed by atoms with Gasteiger partial charge in [-0.3, -0.25) is 4.57 Å². The van der Waals surface area contributed by atoms with E-state index in [0.717, 1.165) is 25.8 Å². The van der Waals surface area contributed by atoms with E-state index in [4.69, 9.17) is 12.2 Å². The van der Waals surface area contributed by atoms with Gasteiger partial charge in [-0.25, -0.2) is 4.98 Å². The summed E-state index contributed by atoms with van der Waals surface area (Å²) in [6, 6.07) is 9.88. The number of hydrogen-bond acceptors (Lipinski definition) is 2. The SMILES string of the molecule is S=c1[nH]c2cc(Br)cnc2n1-c1ccccc1Br. The number of H-pyrrole nitrogens is 1. The van der Waals surface area contributed by atoms with Gasteiger partial charge in [0.2, 0.25) is 0 Å². The molecule has 3 rings (SSSR count). The predicted molar refractivity (Wildman–Crippen MR) is 81.7 cm³/mol. The molecular weight excluding hydrogens is 378 g/mol. The fourth-order valence-corrected chi connectivity index (χ4v) is 2.91. The molecule has 0 amide bonds. The highest BCUT2D eigenvalue weighted by atomic mass is 79.9. The third kappa shape index (κ3) is 1.94. The van der Waals surface area contributed by atoms with Crippen LogP contribution in [-0.2, 0) is 0 Å². The fourth-order valence-electron chi connectivity index (χ4n) is 1.83. The van der Waals surface area contributed by atoms with Crippen LogP contribution in [-0.4, -0.2) is 14.5 Å². The molecule has 1 aromatic carbocycles. The molecule has 0 fully saturated rings. The highest BCUT2D eigenvalue weighted by Crippen LogP contribution is 2.25. The van der Waals surface area contributed by atoms with Crippen LogP contribution in [0.2, 0.25) is 0 Å². The lowest BCUT2D eigenvalue weighted by molar-refractivity contribution is 1.04. The molecule has 0 aliphatic rings. The average molecular weight is 385 g/mol. The maximum Gasteiger partial charge on any atom is 0.184 e. The van der Waals surface area contributed by atoms with E-state index < -0.39 is 0 Å². The molecule has 0 aliphatic heterocycles. The smallest absolute Gasteiger partial charge is 0.184 e. The first kappa shape index (κ1) is 12.1. The second-order valence-electron chi connectivity index (χ2n) is 3.74. The molecule has 2 aromatic heterocycles. The van der Waals surface area contributed by atoms with Crippen molar-refractivity contribution in [3.63, 3.8) is 0 Å². The van der Waals surface area contributed by atoms with Crippen molar-refractivity contribution in [1.29, 1.82) is 0 Å². The van der Waals surface area contributed by atoms with Gasteiger partial charge in [0.25, 0.3) is 0 Å². The minimum Gasteiger partial charge on any atom is -0.329 e. The van der Waals surface area contributed by atoms with Crippen LogP contribution in [0.3, 0.4) is 0 Å². The number of aromatic amines is 1. The number of aromatic nitrogens is 3. The Bertz CT molecular complexity index is 791. The lowest BCUT2D eigenvalue weighted by atomic mass is 10.3. The van der Waals surface area contributed by atoms with Crippen molar-refractivity contribution >= 4 is 55.2 Å². The number of halogens is 2. The molecule has 0 saturated heterocycles. The van der Waals surface area contributed by atoms with Gasteiger partial charge >= 0.3 is 0 Å². The second-order valence-corrected chi connectivity index (χ2v) is 5.90. The van der Waals surface area contributed by atoms with Gasteiger partial charge in [-0.15, -0.1) is 0 Å². The maximum absolute atomic E-state index is 5.37. The van der Waals surface area contributed by atoms with Gasteiger partial charge in [0.15, 0.2) is 10.4 Å². The van der Waals surface area contributed by atoms with Gasteiger partial charge in [0.05, 0.1) is 11.2 Å². The number of nitrogens with zero attached hydrogens (tertiary/aromatic N) is 2. The molecule has 0 unspecified atom stereocenters. The molecule has 2 heterocycles. The van der Waals surface area contributed by atoms with Crippen molar-refractivity contribution in [2.75, 3.05) is 0 Å². The van der Waals surface area contributed by atoms with Gasteiger partial charge in [-0.2, -0.15) is 0 Å². The normalized spacial score (nSPS) is 11.0. The zero-order valence-corrected chi connectivity index (χ0v) is 13.0. The number of nitrogens with one attached hydrogen (secondary N) is 1. The van der Waals surface area contributed by atoms with E-state index in [9.17, 15) is 0 Å². The average Bonchev–Trinajstić information content (AvgIpc) is 2.65. The zero-order valence-electron chi connectivity index (χ0n) is 9.02. The molecular formula is C12H7Br2N3S. The molecule has 3 aromatic rings. The standard InChI is InChI=1S/C12H7Br2N3S/c13-7-5-9-11(15-6-7)17(12(18)16-9)10-4-2-1-3-8(10)14/h1-6H,(H,16,18). The number of benzene rings is 1. The number of hydrogen-bond donors (Lipinski definition) is 1. The summed E-state index contributed by atoms with van der Waals surface area (Å²) in [6.07, 6.45) is 1.76. The minimum atomic E-state index is 0.627. The van der Waals surface area contributed by atoms with Gasteiger partial charge in [0.1, 0.15) is 0 Å². The van der Waals surface area contributed by atoms with Gasteiger partial charge in [-0.05, 0) is 62.3 Å². The van der Waals surface area contributed by atoms with E-state index >= 15 is 0 Å². The molecule has 90 valence electrons. The monoisotopic (exact) mass is 383 g/mol. The zero-order chi connectivity index (χ0) is 12.7. The van der Waals surface area contributed by atoms with Crippen LogP contribution < -0.4 is 0 Å². The van der Waals surface area contributed by atoms with E-state index in [1.54, 1.807) is 6.20 Å². The number of para-hydroxylation sites is 1. The van der Waals surface area contributed by atoms with Crippen molar-refractivity contribution in [1.82, 2.24) is 14.5 Å². The first-order valence-corrected chi connectivity index (χ1v) is 7.17. The topological polar surface area (TPSA) is 33.6 Å². The summed E-state index contributed by atoms with van der Waals surface area (Å²) < 4.78 is 4.45. The summed E-state index contributed by atoms with van der Waals surface area (Å²) in [4.78, 5) is 7.57. The molecule has 3 nitrogen and oxygen atoms in total. The number of pyridine rings is 1. The van der Waals surface area contributed by atoms with Crippen molar-refractivity contribution in [2.24, 2.45) is 0 Å². The molecule has 0 spiro atoms. The molecule has 1 N–H and O–H groups in total. The molecule has 0 saturated carbocycles. The van der Waals surface area contributed by atoms with Crippen LogP contribution in [0.1, 0.15) is 0 Å². The van der Waals surface area contributed by atoms with Gasteiger partial charge in [0, 0.05) is 15.1 Å². The summed E-state index contributed by atoms with van der Waals surface area (Å²) in [7, 11) is 0. The Balaban J connectivity index is 2.40. The number of fused-ring (bicyclic) bond motifs is 1. The van der Waals surface area contributed by atoms with E-state index in [1.165, 1.54) is 0 Å². The molecule has 6 heteroatoms. The molecule has 0 aliphatic carbocycles. The van der Waals surface area contributed by atoms with Crippen LogP contribution in [0.5, 0.6) is 0 Å². The number of rotatable bonds is 1. The Hall–Kier alpha value is -0.980. The minimum absolute atomic E-state index is 0.627. The van der Waals surface area contributed by atoms with E-state index in [2.05, 4.69) is 41.8 Å². The Kier molecular flexibility index (Phi) is 3.09.